The lowest BCUT2D eigenvalue weighted by atomic mass is 10.1. The summed E-state index contributed by atoms with van der Waals surface area (Å²) < 4.78 is 0. The van der Waals surface area contributed by atoms with Crippen molar-refractivity contribution < 1.29 is 9.72 Å². The maximum atomic E-state index is 12.3. The van der Waals surface area contributed by atoms with E-state index in [2.05, 4.69) is 0 Å². The van der Waals surface area contributed by atoms with E-state index in [-0.39, 0.29) is 17.6 Å². The monoisotopic (exact) mass is 310 g/mol. The van der Waals surface area contributed by atoms with Gasteiger partial charge in [0.15, 0.2) is 0 Å². The van der Waals surface area contributed by atoms with Gasteiger partial charge in [0.2, 0.25) is 5.91 Å². The van der Waals surface area contributed by atoms with Gasteiger partial charge < -0.3 is 4.90 Å². The summed E-state index contributed by atoms with van der Waals surface area (Å²) in [6.45, 7) is 1.84. The number of amides is 1. The number of nitrogens with zero attached hydrogens (tertiary/aromatic N) is 2. The van der Waals surface area contributed by atoms with E-state index in [0.717, 1.165) is 11.1 Å². The summed E-state index contributed by atoms with van der Waals surface area (Å²) in [5, 5.41) is 10.9. The molecule has 0 spiro atoms. The van der Waals surface area contributed by atoms with Gasteiger partial charge in [-0.1, -0.05) is 42.5 Å². The number of carbonyl (C=O) groups excluding carboxylic acids is 1. The third kappa shape index (κ3) is 4.26. The summed E-state index contributed by atoms with van der Waals surface area (Å²) in [4.78, 5) is 24.2. The smallest absolute Gasteiger partial charge is 0.269 e. The van der Waals surface area contributed by atoms with Crippen molar-refractivity contribution in [1.82, 2.24) is 4.90 Å². The Hall–Kier alpha value is -2.95. The lowest BCUT2D eigenvalue weighted by molar-refractivity contribution is -0.384. The Morgan fingerprint density at radius 2 is 1.87 bits per heavy atom. The van der Waals surface area contributed by atoms with E-state index in [1.165, 1.54) is 18.2 Å². The highest BCUT2D eigenvalue weighted by Crippen LogP contribution is 2.23. The van der Waals surface area contributed by atoms with Gasteiger partial charge in [-0.15, -0.1) is 0 Å². The average molecular weight is 310 g/mol. The van der Waals surface area contributed by atoms with E-state index in [1.807, 2.05) is 37.3 Å². The molecule has 23 heavy (non-hydrogen) atoms. The molecule has 0 heterocycles. The van der Waals surface area contributed by atoms with Crippen LogP contribution in [0.2, 0.25) is 0 Å². The van der Waals surface area contributed by atoms with Crippen molar-refractivity contribution in [2.45, 2.75) is 13.0 Å². The Balaban J connectivity index is 2.11. The zero-order chi connectivity index (χ0) is 16.8. The second kappa shape index (κ2) is 7.35. The average Bonchev–Trinajstić information content (AvgIpc) is 2.59. The Morgan fingerprint density at radius 1 is 1.17 bits per heavy atom. The second-order valence-corrected chi connectivity index (χ2v) is 5.22. The molecular formula is C18H18N2O3. The number of nitro benzene ring substituents is 1. The van der Waals surface area contributed by atoms with Crippen molar-refractivity contribution in [2.75, 3.05) is 7.05 Å². The Bertz CT molecular complexity index is 726. The van der Waals surface area contributed by atoms with Gasteiger partial charge in [-0.25, -0.2) is 0 Å². The second-order valence-electron chi connectivity index (χ2n) is 5.22. The van der Waals surface area contributed by atoms with Gasteiger partial charge in [-0.05, 0) is 24.1 Å². The van der Waals surface area contributed by atoms with Crippen molar-refractivity contribution in [3.63, 3.8) is 0 Å². The van der Waals surface area contributed by atoms with Gasteiger partial charge >= 0.3 is 0 Å². The summed E-state index contributed by atoms with van der Waals surface area (Å²) in [6.07, 6.45) is 3.25. The molecule has 1 atom stereocenters. The first kappa shape index (κ1) is 16.4. The number of carbonyl (C=O) groups is 1. The van der Waals surface area contributed by atoms with Crippen LogP contribution in [-0.4, -0.2) is 22.8 Å². The SMILES string of the molecule is C[C@H](c1cccc([N+](=O)[O-])c1)N(C)C(=O)/C=C/c1ccccc1. The molecule has 118 valence electrons. The summed E-state index contributed by atoms with van der Waals surface area (Å²) in [5.41, 5.74) is 1.69. The lowest BCUT2D eigenvalue weighted by Gasteiger charge is -2.24. The van der Waals surface area contributed by atoms with E-state index in [4.69, 9.17) is 0 Å². The van der Waals surface area contributed by atoms with Gasteiger partial charge in [0.25, 0.3) is 5.69 Å². The zero-order valence-corrected chi connectivity index (χ0v) is 13.0. The van der Waals surface area contributed by atoms with Crippen LogP contribution in [0.5, 0.6) is 0 Å². The number of rotatable bonds is 5. The van der Waals surface area contributed by atoms with E-state index in [9.17, 15) is 14.9 Å². The van der Waals surface area contributed by atoms with Crippen LogP contribution < -0.4 is 0 Å². The number of hydrogen-bond acceptors (Lipinski definition) is 3. The fraction of sp³-hybridized carbons (Fsp3) is 0.167. The first-order chi connectivity index (χ1) is 11.0. The number of likely N-dealkylation sites (N-methyl/N-ethyl adjacent to an activating group) is 1. The van der Waals surface area contributed by atoms with Crippen molar-refractivity contribution in [2.24, 2.45) is 0 Å². The minimum atomic E-state index is -0.437. The quantitative estimate of drug-likeness (QED) is 0.479. The maximum absolute atomic E-state index is 12.3. The molecule has 0 aromatic heterocycles. The van der Waals surface area contributed by atoms with E-state index >= 15 is 0 Å². The maximum Gasteiger partial charge on any atom is 0.269 e. The largest absolute Gasteiger partial charge is 0.335 e. The van der Waals surface area contributed by atoms with E-state index in [1.54, 1.807) is 30.2 Å². The lowest BCUT2D eigenvalue weighted by Crippen LogP contribution is -2.28. The molecule has 0 unspecified atom stereocenters. The molecule has 0 saturated heterocycles. The molecule has 0 bridgehead atoms. The first-order valence-electron chi connectivity index (χ1n) is 7.23. The molecule has 1 amide bonds. The predicted octanol–water partition coefficient (Wildman–Crippen LogP) is 3.83. The van der Waals surface area contributed by atoms with Crippen LogP contribution in [0.1, 0.15) is 24.1 Å². The standard InChI is InChI=1S/C18H18N2O3/c1-14(16-9-6-10-17(13-16)20(22)23)19(2)18(21)12-11-15-7-4-3-5-8-15/h3-14H,1-2H3/b12-11+/t14-/m1/s1. The number of non-ortho nitro benzene ring substituents is 1. The topological polar surface area (TPSA) is 63.5 Å². The Kier molecular flexibility index (Phi) is 5.25. The van der Waals surface area contributed by atoms with Crippen LogP contribution in [0.15, 0.2) is 60.7 Å². The van der Waals surface area contributed by atoms with Gasteiger partial charge in [0, 0.05) is 25.3 Å². The normalized spacial score (nSPS) is 12.1. The summed E-state index contributed by atoms with van der Waals surface area (Å²) in [6, 6.07) is 15.6. The highest BCUT2D eigenvalue weighted by molar-refractivity contribution is 5.91. The molecule has 0 N–H and O–H groups in total. The molecule has 0 fully saturated rings. The van der Waals surface area contributed by atoms with Crippen molar-refractivity contribution >= 4 is 17.7 Å². The third-order valence-corrected chi connectivity index (χ3v) is 3.71. The Morgan fingerprint density at radius 3 is 2.52 bits per heavy atom. The molecule has 2 rings (SSSR count). The fourth-order valence-corrected chi connectivity index (χ4v) is 2.16. The molecular weight excluding hydrogens is 292 g/mol. The highest BCUT2D eigenvalue weighted by Gasteiger charge is 2.17. The van der Waals surface area contributed by atoms with Gasteiger partial charge in [0.1, 0.15) is 0 Å². The van der Waals surface area contributed by atoms with E-state index in [0.29, 0.717) is 0 Å². The minimum absolute atomic E-state index is 0.0232. The van der Waals surface area contributed by atoms with Crippen LogP contribution in [0, 0.1) is 10.1 Å². The summed E-state index contributed by atoms with van der Waals surface area (Å²) in [7, 11) is 1.68. The van der Waals surface area contributed by atoms with Crippen LogP contribution in [0.4, 0.5) is 5.69 Å². The number of hydrogen-bond donors (Lipinski definition) is 0. The fourth-order valence-electron chi connectivity index (χ4n) is 2.16. The van der Waals surface area contributed by atoms with Crippen molar-refractivity contribution in [3.05, 3.63) is 81.9 Å². The molecule has 0 aliphatic heterocycles. The summed E-state index contributed by atoms with van der Waals surface area (Å²) in [5.74, 6) is -0.159. The van der Waals surface area contributed by atoms with Gasteiger partial charge in [0.05, 0.1) is 11.0 Å². The molecule has 2 aromatic rings. The highest BCUT2D eigenvalue weighted by atomic mass is 16.6. The third-order valence-electron chi connectivity index (χ3n) is 3.71. The van der Waals surface area contributed by atoms with Crippen molar-refractivity contribution in [1.29, 1.82) is 0 Å². The Labute approximate surface area is 135 Å². The van der Waals surface area contributed by atoms with Crippen LogP contribution >= 0.6 is 0 Å². The van der Waals surface area contributed by atoms with E-state index < -0.39 is 4.92 Å². The number of nitro groups is 1. The van der Waals surface area contributed by atoms with Crippen molar-refractivity contribution in [3.8, 4) is 0 Å². The predicted molar refractivity (Wildman–Crippen MR) is 89.8 cm³/mol. The van der Waals surface area contributed by atoms with Crippen LogP contribution in [0.25, 0.3) is 6.08 Å². The molecule has 0 radical (unpaired) electrons. The minimum Gasteiger partial charge on any atom is -0.335 e. The van der Waals surface area contributed by atoms with Crippen LogP contribution in [0.3, 0.4) is 0 Å². The molecule has 2 aromatic carbocycles. The molecule has 0 saturated carbocycles. The molecule has 0 aliphatic carbocycles. The number of benzene rings is 2. The zero-order valence-electron chi connectivity index (χ0n) is 13.0. The molecule has 5 heteroatoms. The molecule has 5 nitrogen and oxygen atoms in total. The molecule has 0 aliphatic rings. The van der Waals surface area contributed by atoms with Crippen LogP contribution in [-0.2, 0) is 4.79 Å². The summed E-state index contributed by atoms with van der Waals surface area (Å²) >= 11 is 0. The first-order valence-corrected chi connectivity index (χ1v) is 7.23. The van der Waals surface area contributed by atoms with Gasteiger partial charge in [-0.2, -0.15) is 0 Å². The van der Waals surface area contributed by atoms with Gasteiger partial charge in [-0.3, -0.25) is 14.9 Å².